The van der Waals surface area contributed by atoms with Crippen LogP contribution in [0.1, 0.15) is 6.92 Å². The maximum absolute atomic E-state index is 11.3. The van der Waals surface area contributed by atoms with Crippen molar-refractivity contribution in [3.63, 3.8) is 0 Å². The summed E-state index contributed by atoms with van der Waals surface area (Å²) in [5.74, 6) is 0. The molecule has 0 unspecified atom stereocenters. The Hall–Kier alpha value is -1.39. The number of nitriles is 1. The molecule has 6 nitrogen and oxygen atoms in total. The number of sulfonamides is 1. The smallest absolute Gasteiger partial charge is 0.246 e. The lowest BCUT2D eigenvalue weighted by Gasteiger charge is -2.03. The van der Waals surface area contributed by atoms with E-state index in [1.807, 2.05) is 0 Å². The van der Waals surface area contributed by atoms with Crippen LogP contribution < -0.4 is 4.72 Å². The summed E-state index contributed by atoms with van der Waals surface area (Å²) < 4.78 is 29.1. The second-order valence-electron chi connectivity index (χ2n) is 2.33. The Kier molecular flexibility index (Phi) is 2.65. The largest absolute Gasteiger partial charge is 0.363 e. The van der Waals surface area contributed by atoms with Gasteiger partial charge in [0, 0.05) is 0 Å². The Balaban J connectivity index is 2.87. The molecule has 0 fully saturated rings. The number of nitrogens with one attached hydrogen (secondary N) is 1. The minimum absolute atomic E-state index is 0.0883. The molecular formula is C6H7N3O3S. The lowest BCUT2D eigenvalue weighted by Crippen LogP contribution is -2.31. The third-order valence-corrected chi connectivity index (χ3v) is 2.73. The summed E-state index contributed by atoms with van der Waals surface area (Å²) in [4.78, 5) is -0.0883. The van der Waals surface area contributed by atoms with Crippen LogP contribution >= 0.6 is 0 Å². The van der Waals surface area contributed by atoms with E-state index in [0.717, 1.165) is 12.5 Å². The number of aromatic nitrogens is 1. The molecule has 0 aromatic carbocycles. The Morgan fingerprint density at radius 3 is 2.92 bits per heavy atom. The van der Waals surface area contributed by atoms with E-state index in [-0.39, 0.29) is 4.90 Å². The van der Waals surface area contributed by atoms with Gasteiger partial charge in [-0.05, 0) is 6.92 Å². The van der Waals surface area contributed by atoms with E-state index in [9.17, 15) is 8.42 Å². The van der Waals surface area contributed by atoms with Gasteiger partial charge in [-0.25, -0.2) is 8.42 Å². The molecule has 1 aromatic rings. The lowest BCUT2D eigenvalue weighted by atomic mass is 10.4. The summed E-state index contributed by atoms with van der Waals surface area (Å²) in [6, 6.07) is 0.964. The monoisotopic (exact) mass is 201 g/mol. The maximum atomic E-state index is 11.3. The van der Waals surface area contributed by atoms with Gasteiger partial charge in [-0.2, -0.15) is 9.98 Å². The van der Waals surface area contributed by atoms with Crippen molar-refractivity contribution in [1.29, 1.82) is 5.26 Å². The average molecular weight is 201 g/mol. The minimum atomic E-state index is -3.66. The predicted octanol–water partition coefficient (Wildman–Crippen LogP) is -0.135. The molecule has 70 valence electrons. The molecule has 0 saturated heterocycles. The fraction of sp³-hybridized carbons (Fsp3) is 0.333. The van der Waals surface area contributed by atoms with E-state index >= 15 is 0 Å². The van der Waals surface area contributed by atoms with Gasteiger partial charge in [-0.15, -0.1) is 0 Å². The van der Waals surface area contributed by atoms with Crippen molar-refractivity contribution >= 4 is 10.0 Å². The van der Waals surface area contributed by atoms with Gasteiger partial charge in [0.15, 0.2) is 0 Å². The Morgan fingerprint density at radius 1 is 1.77 bits per heavy atom. The highest BCUT2D eigenvalue weighted by atomic mass is 32.2. The zero-order valence-electron chi connectivity index (χ0n) is 6.76. The summed E-state index contributed by atoms with van der Waals surface area (Å²) in [6.45, 7) is 1.44. The number of rotatable bonds is 3. The van der Waals surface area contributed by atoms with E-state index in [1.54, 1.807) is 6.07 Å². The predicted molar refractivity (Wildman–Crippen MR) is 41.9 cm³/mol. The third-order valence-electron chi connectivity index (χ3n) is 1.25. The van der Waals surface area contributed by atoms with Crippen LogP contribution in [0.15, 0.2) is 21.9 Å². The van der Waals surface area contributed by atoms with Gasteiger partial charge in [-0.1, -0.05) is 5.16 Å². The molecule has 0 radical (unpaired) electrons. The van der Waals surface area contributed by atoms with Crippen molar-refractivity contribution in [3.8, 4) is 6.07 Å². The molecule has 0 aliphatic carbocycles. The molecule has 0 bridgehead atoms. The van der Waals surface area contributed by atoms with Crippen molar-refractivity contribution in [2.24, 2.45) is 0 Å². The van der Waals surface area contributed by atoms with Crippen LogP contribution in [0.3, 0.4) is 0 Å². The first-order chi connectivity index (χ1) is 6.06. The van der Waals surface area contributed by atoms with Gasteiger partial charge in [0.05, 0.1) is 12.3 Å². The van der Waals surface area contributed by atoms with Crippen LogP contribution in [0.5, 0.6) is 0 Å². The first-order valence-electron chi connectivity index (χ1n) is 3.37. The molecule has 0 aliphatic rings. The summed E-state index contributed by atoms with van der Waals surface area (Å²) in [7, 11) is -3.66. The summed E-state index contributed by atoms with van der Waals surface area (Å²) >= 11 is 0. The molecule has 1 rings (SSSR count). The Bertz CT molecular complexity index is 403. The topological polar surface area (TPSA) is 96.0 Å². The van der Waals surface area contributed by atoms with Gasteiger partial charge < -0.3 is 4.52 Å². The van der Waals surface area contributed by atoms with E-state index in [2.05, 4.69) is 14.4 Å². The van der Waals surface area contributed by atoms with Crippen LogP contribution in [-0.4, -0.2) is 19.6 Å². The molecule has 1 N–H and O–H groups in total. The summed E-state index contributed by atoms with van der Waals surface area (Å²) in [6.07, 6.45) is 2.05. The highest BCUT2D eigenvalue weighted by Crippen LogP contribution is 2.06. The second kappa shape index (κ2) is 3.55. The maximum Gasteiger partial charge on any atom is 0.246 e. The van der Waals surface area contributed by atoms with Gasteiger partial charge in [-0.3, -0.25) is 0 Å². The first kappa shape index (κ1) is 9.70. The van der Waals surface area contributed by atoms with Crippen molar-refractivity contribution < 1.29 is 12.9 Å². The van der Waals surface area contributed by atoms with Gasteiger partial charge in [0.2, 0.25) is 10.0 Å². The second-order valence-corrected chi connectivity index (χ2v) is 4.05. The molecule has 0 aliphatic heterocycles. The van der Waals surface area contributed by atoms with E-state index in [4.69, 9.17) is 5.26 Å². The van der Waals surface area contributed by atoms with E-state index in [1.165, 1.54) is 6.92 Å². The van der Waals surface area contributed by atoms with Crippen LogP contribution in [-0.2, 0) is 10.0 Å². The zero-order valence-corrected chi connectivity index (χ0v) is 7.58. The fourth-order valence-electron chi connectivity index (χ4n) is 0.655. The number of hydrogen-bond acceptors (Lipinski definition) is 5. The lowest BCUT2D eigenvalue weighted by molar-refractivity contribution is 0.417. The molecule has 1 aromatic heterocycles. The number of nitrogens with zero attached hydrogens (tertiary/aromatic N) is 2. The molecule has 0 amide bonds. The van der Waals surface area contributed by atoms with Crippen LogP contribution in [0.25, 0.3) is 0 Å². The van der Waals surface area contributed by atoms with Crippen molar-refractivity contribution in [2.45, 2.75) is 17.9 Å². The summed E-state index contributed by atoms with van der Waals surface area (Å²) in [5, 5.41) is 11.6. The highest BCUT2D eigenvalue weighted by molar-refractivity contribution is 7.89. The minimum Gasteiger partial charge on any atom is -0.363 e. The molecule has 1 atom stereocenters. The van der Waals surface area contributed by atoms with Gasteiger partial charge in [0.25, 0.3) is 0 Å². The standard InChI is InChI=1S/C6H7N3O3S/c1-5(2-7)9-13(10,11)6-3-8-12-4-6/h3-5,9H,1H3/t5-/m0/s1. The van der Waals surface area contributed by atoms with Gasteiger partial charge in [0.1, 0.15) is 17.2 Å². The van der Waals surface area contributed by atoms with Gasteiger partial charge >= 0.3 is 0 Å². The molecule has 0 saturated carbocycles. The van der Waals surface area contributed by atoms with E-state index < -0.39 is 16.1 Å². The Morgan fingerprint density at radius 2 is 2.46 bits per heavy atom. The molecular weight excluding hydrogens is 194 g/mol. The summed E-state index contributed by atoms with van der Waals surface area (Å²) in [5.41, 5.74) is 0. The van der Waals surface area contributed by atoms with Crippen LogP contribution in [0.4, 0.5) is 0 Å². The zero-order chi connectivity index (χ0) is 9.90. The first-order valence-corrected chi connectivity index (χ1v) is 4.86. The fourth-order valence-corrected chi connectivity index (χ4v) is 1.66. The van der Waals surface area contributed by atoms with Crippen molar-refractivity contribution in [2.75, 3.05) is 0 Å². The SMILES string of the molecule is C[C@@H](C#N)NS(=O)(=O)c1cnoc1. The van der Waals surface area contributed by atoms with Crippen LogP contribution in [0, 0.1) is 11.3 Å². The highest BCUT2D eigenvalue weighted by Gasteiger charge is 2.18. The van der Waals surface area contributed by atoms with Crippen molar-refractivity contribution in [3.05, 3.63) is 12.5 Å². The molecule has 1 heterocycles. The third kappa shape index (κ3) is 2.27. The molecule has 13 heavy (non-hydrogen) atoms. The molecule has 0 spiro atoms. The molecule has 7 heteroatoms. The number of hydrogen-bond donors (Lipinski definition) is 1. The van der Waals surface area contributed by atoms with Crippen molar-refractivity contribution in [1.82, 2.24) is 9.88 Å². The van der Waals surface area contributed by atoms with Crippen LogP contribution in [0.2, 0.25) is 0 Å². The normalized spacial score (nSPS) is 13.5. The van der Waals surface area contributed by atoms with E-state index in [0.29, 0.717) is 0 Å². The quantitative estimate of drug-likeness (QED) is 0.734. The average Bonchev–Trinajstić information content (AvgIpc) is 2.55. The Labute approximate surface area is 75.2 Å².